The number of sulfonamides is 1. The molecule has 0 unspecified atom stereocenters. The number of anilines is 1. The van der Waals surface area contributed by atoms with Crippen LogP contribution < -0.4 is 14.4 Å². The number of carbonyl (C=O) groups is 2. The maximum absolute atomic E-state index is 13.7. The number of benzene rings is 2. The van der Waals surface area contributed by atoms with Crippen molar-refractivity contribution in [2.45, 2.75) is 57.7 Å². The number of hydrogen-bond donors (Lipinski definition) is 1. The van der Waals surface area contributed by atoms with Gasteiger partial charge in [-0.3, -0.25) is 13.9 Å². The molecule has 0 heterocycles. The molecular formula is C26H34BrN3O5S. The number of nitrogens with one attached hydrogen (secondary N) is 1. The lowest BCUT2D eigenvalue weighted by Gasteiger charge is -2.33. The standard InChI is InChI=1S/C26H34BrN3O5S/c1-19(26(32)28-22-9-5-4-6-10-22)29(17-20-13-15-21(27)16-14-20)25(31)18-30(36(3,33)34)23-11-7-8-12-24(23)35-2/h7-8,11-16,19,22H,4-6,9-10,17-18H2,1-3H3,(H,28,32)/t19-/m0/s1. The third-order valence-electron chi connectivity index (χ3n) is 6.42. The minimum atomic E-state index is -3.83. The summed E-state index contributed by atoms with van der Waals surface area (Å²) in [7, 11) is -2.38. The Labute approximate surface area is 222 Å². The second kappa shape index (κ2) is 12.6. The molecule has 1 saturated carbocycles. The summed E-state index contributed by atoms with van der Waals surface area (Å²) in [4.78, 5) is 28.3. The molecule has 0 saturated heterocycles. The van der Waals surface area contributed by atoms with Crippen LogP contribution in [0.25, 0.3) is 0 Å². The van der Waals surface area contributed by atoms with E-state index >= 15 is 0 Å². The number of amides is 2. The van der Waals surface area contributed by atoms with Crippen molar-refractivity contribution in [2.24, 2.45) is 0 Å². The second-order valence-electron chi connectivity index (χ2n) is 9.11. The third kappa shape index (κ3) is 7.46. The minimum absolute atomic E-state index is 0.0967. The fourth-order valence-electron chi connectivity index (χ4n) is 4.37. The zero-order valence-corrected chi connectivity index (χ0v) is 23.3. The highest BCUT2D eigenvalue weighted by Gasteiger charge is 2.32. The largest absolute Gasteiger partial charge is 0.495 e. The van der Waals surface area contributed by atoms with Crippen molar-refractivity contribution in [2.75, 3.05) is 24.2 Å². The fraction of sp³-hybridized carbons (Fsp3) is 0.462. The molecule has 1 fully saturated rings. The van der Waals surface area contributed by atoms with E-state index in [-0.39, 0.29) is 24.2 Å². The van der Waals surface area contributed by atoms with Crippen LogP contribution in [-0.2, 0) is 26.2 Å². The van der Waals surface area contributed by atoms with E-state index in [0.717, 1.165) is 46.3 Å². The average molecular weight is 581 g/mol. The van der Waals surface area contributed by atoms with E-state index in [1.165, 1.54) is 18.4 Å². The van der Waals surface area contributed by atoms with Gasteiger partial charge in [0.1, 0.15) is 18.3 Å². The van der Waals surface area contributed by atoms with Crippen molar-refractivity contribution in [3.63, 3.8) is 0 Å². The van der Waals surface area contributed by atoms with Crippen LogP contribution >= 0.6 is 15.9 Å². The van der Waals surface area contributed by atoms with Crippen molar-refractivity contribution in [1.82, 2.24) is 10.2 Å². The molecule has 0 radical (unpaired) electrons. The number of halogens is 1. The molecule has 1 atom stereocenters. The van der Waals surface area contributed by atoms with E-state index in [1.807, 2.05) is 24.3 Å². The Morgan fingerprint density at radius 2 is 1.72 bits per heavy atom. The van der Waals surface area contributed by atoms with Crippen molar-refractivity contribution in [1.29, 1.82) is 0 Å². The summed E-state index contributed by atoms with van der Waals surface area (Å²) in [5.41, 5.74) is 1.09. The number of carbonyl (C=O) groups excluding carboxylic acids is 2. The third-order valence-corrected chi connectivity index (χ3v) is 8.07. The van der Waals surface area contributed by atoms with E-state index in [0.29, 0.717) is 5.75 Å². The summed E-state index contributed by atoms with van der Waals surface area (Å²) >= 11 is 3.41. The Hall–Kier alpha value is -2.59. The van der Waals surface area contributed by atoms with Crippen LogP contribution in [0.15, 0.2) is 53.0 Å². The van der Waals surface area contributed by atoms with Crippen LogP contribution in [0.4, 0.5) is 5.69 Å². The van der Waals surface area contributed by atoms with Gasteiger partial charge in [-0.15, -0.1) is 0 Å². The number of ether oxygens (including phenoxy) is 1. The zero-order chi connectivity index (χ0) is 26.3. The van der Waals surface area contributed by atoms with Crippen LogP contribution in [0.1, 0.15) is 44.6 Å². The van der Waals surface area contributed by atoms with Crippen LogP contribution in [-0.4, -0.2) is 57.1 Å². The maximum Gasteiger partial charge on any atom is 0.244 e. The molecular weight excluding hydrogens is 546 g/mol. The molecule has 0 bridgehead atoms. The molecule has 8 nitrogen and oxygen atoms in total. The fourth-order valence-corrected chi connectivity index (χ4v) is 5.49. The number of methoxy groups -OCH3 is 1. The monoisotopic (exact) mass is 579 g/mol. The van der Waals surface area contributed by atoms with Crippen LogP contribution in [0.3, 0.4) is 0 Å². The first-order valence-corrected chi connectivity index (χ1v) is 14.7. The predicted molar refractivity (Wildman–Crippen MR) is 144 cm³/mol. The first-order chi connectivity index (χ1) is 17.1. The Bertz CT molecular complexity index is 1150. The van der Waals surface area contributed by atoms with Gasteiger partial charge >= 0.3 is 0 Å². The summed E-state index contributed by atoms with van der Waals surface area (Å²) in [5, 5.41) is 3.09. The van der Waals surface area contributed by atoms with E-state index < -0.39 is 28.5 Å². The average Bonchev–Trinajstić information content (AvgIpc) is 2.86. The van der Waals surface area contributed by atoms with Crippen LogP contribution in [0.5, 0.6) is 5.75 Å². The summed E-state index contributed by atoms with van der Waals surface area (Å²) in [6, 6.07) is 13.4. The molecule has 1 aliphatic rings. The van der Waals surface area contributed by atoms with E-state index in [2.05, 4.69) is 21.2 Å². The number of hydrogen-bond acceptors (Lipinski definition) is 5. The van der Waals surface area contributed by atoms with Crippen LogP contribution in [0.2, 0.25) is 0 Å². The smallest absolute Gasteiger partial charge is 0.244 e. The van der Waals surface area contributed by atoms with Crippen LogP contribution in [0, 0.1) is 0 Å². The lowest BCUT2D eigenvalue weighted by atomic mass is 9.95. The zero-order valence-electron chi connectivity index (χ0n) is 20.9. The molecule has 0 spiro atoms. The highest BCUT2D eigenvalue weighted by Crippen LogP contribution is 2.29. The summed E-state index contributed by atoms with van der Waals surface area (Å²) in [5.74, 6) is -0.394. The molecule has 3 rings (SSSR count). The van der Waals surface area contributed by atoms with Gasteiger partial charge in [0, 0.05) is 17.1 Å². The molecule has 36 heavy (non-hydrogen) atoms. The molecule has 1 aliphatic carbocycles. The van der Waals surface area contributed by atoms with Gasteiger partial charge in [-0.2, -0.15) is 0 Å². The molecule has 0 aromatic heterocycles. The van der Waals surface area contributed by atoms with E-state index in [4.69, 9.17) is 4.74 Å². The van der Waals surface area contributed by atoms with E-state index in [1.54, 1.807) is 31.2 Å². The van der Waals surface area contributed by atoms with Crippen molar-refractivity contribution >= 4 is 43.5 Å². The molecule has 10 heteroatoms. The predicted octanol–water partition coefficient (Wildman–Crippen LogP) is 4.09. The van der Waals surface area contributed by atoms with Gasteiger partial charge in [0.2, 0.25) is 21.8 Å². The molecule has 2 aromatic rings. The molecule has 196 valence electrons. The summed E-state index contributed by atoms with van der Waals surface area (Å²) in [6.45, 7) is 1.38. The molecule has 2 aromatic carbocycles. The Balaban J connectivity index is 1.89. The van der Waals surface area contributed by atoms with Gasteiger partial charge < -0.3 is 15.0 Å². The molecule has 1 N–H and O–H groups in total. The maximum atomic E-state index is 13.7. The van der Waals surface area contributed by atoms with Gasteiger partial charge in [0.05, 0.1) is 19.1 Å². The van der Waals surface area contributed by atoms with Gasteiger partial charge in [0.15, 0.2) is 0 Å². The normalized spacial score (nSPS) is 15.1. The summed E-state index contributed by atoms with van der Waals surface area (Å²) < 4.78 is 32.7. The Morgan fingerprint density at radius 1 is 1.08 bits per heavy atom. The Morgan fingerprint density at radius 3 is 2.33 bits per heavy atom. The first kappa shape index (κ1) is 28.0. The quantitative estimate of drug-likeness (QED) is 0.457. The van der Waals surface area contributed by atoms with Gasteiger partial charge in [-0.1, -0.05) is 59.5 Å². The van der Waals surface area contributed by atoms with Gasteiger partial charge in [-0.05, 0) is 49.6 Å². The van der Waals surface area contributed by atoms with Crippen molar-refractivity contribution in [3.05, 3.63) is 58.6 Å². The topological polar surface area (TPSA) is 96.0 Å². The van der Waals surface area contributed by atoms with E-state index in [9.17, 15) is 18.0 Å². The highest BCUT2D eigenvalue weighted by atomic mass is 79.9. The van der Waals surface area contributed by atoms with Gasteiger partial charge in [0.25, 0.3) is 0 Å². The number of rotatable bonds is 10. The molecule has 0 aliphatic heterocycles. The number of para-hydroxylation sites is 2. The highest BCUT2D eigenvalue weighted by molar-refractivity contribution is 9.10. The molecule has 2 amide bonds. The number of nitrogens with zero attached hydrogens (tertiary/aromatic N) is 2. The van der Waals surface area contributed by atoms with Crippen molar-refractivity contribution in [3.8, 4) is 5.75 Å². The Kier molecular flexibility index (Phi) is 9.78. The SMILES string of the molecule is COc1ccccc1N(CC(=O)N(Cc1ccc(Br)cc1)[C@@H](C)C(=O)NC1CCCCC1)S(C)(=O)=O. The van der Waals surface area contributed by atoms with Crippen molar-refractivity contribution < 1.29 is 22.7 Å². The lowest BCUT2D eigenvalue weighted by molar-refractivity contribution is -0.139. The first-order valence-electron chi connectivity index (χ1n) is 12.0. The minimum Gasteiger partial charge on any atom is -0.495 e. The van der Waals surface area contributed by atoms with Gasteiger partial charge in [-0.25, -0.2) is 8.42 Å². The summed E-state index contributed by atoms with van der Waals surface area (Å²) in [6.07, 6.45) is 6.21. The lowest BCUT2D eigenvalue weighted by Crippen LogP contribution is -2.53. The second-order valence-corrected chi connectivity index (χ2v) is 11.9.